The van der Waals surface area contributed by atoms with Gasteiger partial charge in [0, 0.05) is 23.2 Å². The topological polar surface area (TPSA) is 42.0 Å². The van der Waals surface area contributed by atoms with Gasteiger partial charge in [0.15, 0.2) is 0 Å². The summed E-state index contributed by atoms with van der Waals surface area (Å²) < 4.78 is 0. The highest BCUT2D eigenvalue weighted by molar-refractivity contribution is 7.15. The number of nitrogens with one attached hydrogen (secondary N) is 1. The zero-order chi connectivity index (χ0) is 13.0. The predicted octanol–water partition coefficient (Wildman–Crippen LogP) is 3.26. The predicted molar refractivity (Wildman–Crippen MR) is 74.9 cm³/mol. The van der Waals surface area contributed by atoms with Crippen molar-refractivity contribution in [2.75, 3.05) is 6.54 Å². The van der Waals surface area contributed by atoms with Crippen LogP contribution in [0.15, 0.2) is 30.5 Å². The van der Waals surface area contributed by atoms with Crippen LogP contribution in [0.3, 0.4) is 0 Å². The molecule has 2 rings (SSSR count). The third kappa shape index (κ3) is 2.96. The first-order valence-corrected chi connectivity index (χ1v) is 6.83. The molecule has 0 fully saturated rings. The molecule has 0 bridgehead atoms. The quantitative estimate of drug-likeness (QED) is 0.916. The number of carbonyl (C=O) groups is 1. The Morgan fingerprint density at radius 3 is 2.89 bits per heavy atom. The number of amides is 1. The molecule has 0 aromatic carbocycles. The van der Waals surface area contributed by atoms with E-state index in [0.29, 0.717) is 12.1 Å². The first-order chi connectivity index (χ1) is 8.70. The summed E-state index contributed by atoms with van der Waals surface area (Å²) in [5, 5.41) is 2.87. The number of hydrogen-bond donors (Lipinski definition) is 1. The SMILES string of the molecule is CCCNC(=O)c1ccnc(-c2ccc(C)s2)c1. The second kappa shape index (κ2) is 5.78. The average Bonchev–Trinajstić information content (AvgIpc) is 2.83. The lowest BCUT2D eigenvalue weighted by molar-refractivity contribution is 0.0953. The first kappa shape index (κ1) is 12.8. The van der Waals surface area contributed by atoms with E-state index in [-0.39, 0.29) is 5.91 Å². The van der Waals surface area contributed by atoms with E-state index in [1.54, 1.807) is 23.6 Å². The molecule has 0 saturated heterocycles. The maximum absolute atomic E-state index is 11.9. The zero-order valence-corrected chi connectivity index (χ0v) is 11.4. The van der Waals surface area contributed by atoms with Gasteiger partial charge >= 0.3 is 0 Å². The molecule has 94 valence electrons. The van der Waals surface area contributed by atoms with Crippen molar-refractivity contribution >= 4 is 17.2 Å². The van der Waals surface area contributed by atoms with E-state index in [1.165, 1.54) is 4.88 Å². The third-order valence-corrected chi connectivity index (χ3v) is 3.57. The smallest absolute Gasteiger partial charge is 0.251 e. The van der Waals surface area contributed by atoms with Crippen molar-refractivity contribution in [3.63, 3.8) is 0 Å². The van der Waals surface area contributed by atoms with Crippen LogP contribution in [-0.2, 0) is 0 Å². The molecule has 2 aromatic heterocycles. The van der Waals surface area contributed by atoms with Crippen LogP contribution >= 0.6 is 11.3 Å². The summed E-state index contributed by atoms with van der Waals surface area (Å²) in [6.07, 6.45) is 2.62. The number of rotatable bonds is 4. The van der Waals surface area contributed by atoms with E-state index in [4.69, 9.17) is 0 Å². The van der Waals surface area contributed by atoms with Gasteiger partial charge in [0.05, 0.1) is 10.6 Å². The molecule has 0 unspecified atom stereocenters. The fourth-order valence-corrected chi connectivity index (χ4v) is 2.45. The van der Waals surface area contributed by atoms with Crippen LogP contribution < -0.4 is 5.32 Å². The fraction of sp³-hybridized carbons (Fsp3) is 0.286. The summed E-state index contributed by atoms with van der Waals surface area (Å²) in [6.45, 7) is 4.80. The van der Waals surface area contributed by atoms with Gasteiger partial charge in [-0.25, -0.2) is 0 Å². The Morgan fingerprint density at radius 2 is 2.22 bits per heavy atom. The summed E-state index contributed by atoms with van der Waals surface area (Å²) in [4.78, 5) is 18.5. The normalized spacial score (nSPS) is 10.3. The van der Waals surface area contributed by atoms with Gasteiger partial charge in [-0.3, -0.25) is 9.78 Å². The Labute approximate surface area is 111 Å². The van der Waals surface area contributed by atoms with Gasteiger partial charge in [-0.05, 0) is 37.6 Å². The molecule has 2 heterocycles. The molecule has 2 aromatic rings. The van der Waals surface area contributed by atoms with E-state index in [2.05, 4.69) is 23.3 Å². The van der Waals surface area contributed by atoms with Crippen molar-refractivity contribution in [1.29, 1.82) is 0 Å². The van der Waals surface area contributed by atoms with E-state index in [1.807, 2.05) is 19.1 Å². The first-order valence-electron chi connectivity index (χ1n) is 6.01. The third-order valence-electron chi connectivity index (χ3n) is 2.55. The molecule has 0 aliphatic rings. The van der Waals surface area contributed by atoms with Crippen LogP contribution in [0.2, 0.25) is 0 Å². The summed E-state index contributed by atoms with van der Waals surface area (Å²) in [5.74, 6) is -0.0335. The van der Waals surface area contributed by atoms with Crippen molar-refractivity contribution in [3.05, 3.63) is 40.9 Å². The van der Waals surface area contributed by atoms with Crippen LogP contribution in [-0.4, -0.2) is 17.4 Å². The molecule has 0 saturated carbocycles. The number of aromatic nitrogens is 1. The van der Waals surface area contributed by atoms with E-state index in [9.17, 15) is 4.79 Å². The molecule has 0 radical (unpaired) electrons. The number of carbonyl (C=O) groups excluding carboxylic acids is 1. The minimum absolute atomic E-state index is 0.0335. The van der Waals surface area contributed by atoms with Gasteiger partial charge in [-0.15, -0.1) is 11.3 Å². The van der Waals surface area contributed by atoms with Crippen molar-refractivity contribution in [2.45, 2.75) is 20.3 Å². The lowest BCUT2D eigenvalue weighted by atomic mass is 10.2. The van der Waals surface area contributed by atoms with Crippen LogP contribution in [0.5, 0.6) is 0 Å². The van der Waals surface area contributed by atoms with Gasteiger partial charge in [0.2, 0.25) is 0 Å². The highest BCUT2D eigenvalue weighted by atomic mass is 32.1. The summed E-state index contributed by atoms with van der Waals surface area (Å²) in [6, 6.07) is 7.69. The van der Waals surface area contributed by atoms with Crippen molar-refractivity contribution < 1.29 is 4.79 Å². The largest absolute Gasteiger partial charge is 0.352 e. The lowest BCUT2D eigenvalue weighted by Gasteiger charge is -2.04. The fourth-order valence-electron chi connectivity index (χ4n) is 1.62. The Balaban J connectivity index is 2.22. The number of thiophene rings is 1. The molecule has 18 heavy (non-hydrogen) atoms. The lowest BCUT2D eigenvalue weighted by Crippen LogP contribution is -2.23. The highest BCUT2D eigenvalue weighted by Gasteiger charge is 2.08. The van der Waals surface area contributed by atoms with E-state index < -0.39 is 0 Å². The maximum atomic E-state index is 11.9. The summed E-state index contributed by atoms with van der Waals surface area (Å²) in [5.41, 5.74) is 1.52. The second-order valence-corrected chi connectivity index (χ2v) is 5.38. The van der Waals surface area contributed by atoms with E-state index >= 15 is 0 Å². The maximum Gasteiger partial charge on any atom is 0.251 e. The molecule has 1 amide bonds. The standard InChI is InChI=1S/C14H16N2OS/c1-3-7-16-14(17)11-6-8-15-12(9-11)13-5-4-10(2)18-13/h4-6,8-9H,3,7H2,1-2H3,(H,16,17). The van der Waals surface area contributed by atoms with Crippen molar-refractivity contribution in [1.82, 2.24) is 10.3 Å². The van der Waals surface area contributed by atoms with Crippen LogP contribution in [0.4, 0.5) is 0 Å². The zero-order valence-electron chi connectivity index (χ0n) is 10.6. The van der Waals surface area contributed by atoms with Gasteiger partial charge in [-0.1, -0.05) is 6.92 Å². The van der Waals surface area contributed by atoms with Crippen LogP contribution in [0.1, 0.15) is 28.6 Å². The molecule has 0 aliphatic carbocycles. The Bertz CT molecular complexity index is 548. The summed E-state index contributed by atoms with van der Waals surface area (Å²) in [7, 11) is 0. The molecular weight excluding hydrogens is 244 g/mol. The number of nitrogens with zero attached hydrogens (tertiary/aromatic N) is 1. The average molecular weight is 260 g/mol. The van der Waals surface area contributed by atoms with Gasteiger partial charge in [0.25, 0.3) is 5.91 Å². The van der Waals surface area contributed by atoms with Crippen LogP contribution in [0, 0.1) is 6.92 Å². The minimum atomic E-state index is -0.0335. The molecule has 4 heteroatoms. The van der Waals surface area contributed by atoms with Crippen LogP contribution in [0.25, 0.3) is 10.6 Å². The molecule has 1 N–H and O–H groups in total. The molecule has 0 spiro atoms. The minimum Gasteiger partial charge on any atom is -0.352 e. The highest BCUT2D eigenvalue weighted by Crippen LogP contribution is 2.26. The van der Waals surface area contributed by atoms with Crippen molar-refractivity contribution in [2.24, 2.45) is 0 Å². The van der Waals surface area contributed by atoms with E-state index in [0.717, 1.165) is 17.0 Å². The number of aryl methyl sites for hydroxylation is 1. The molecular formula is C14H16N2OS. The van der Waals surface area contributed by atoms with Gasteiger partial charge in [0.1, 0.15) is 0 Å². The molecule has 3 nitrogen and oxygen atoms in total. The Kier molecular flexibility index (Phi) is 4.10. The molecule has 0 atom stereocenters. The number of hydrogen-bond acceptors (Lipinski definition) is 3. The van der Waals surface area contributed by atoms with Gasteiger partial charge < -0.3 is 5.32 Å². The van der Waals surface area contributed by atoms with Gasteiger partial charge in [-0.2, -0.15) is 0 Å². The Hall–Kier alpha value is -1.68. The Morgan fingerprint density at radius 1 is 1.39 bits per heavy atom. The monoisotopic (exact) mass is 260 g/mol. The summed E-state index contributed by atoms with van der Waals surface area (Å²) >= 11 is 1.68. The molecule has 0 aliphatic heterocycles. The van der Waals surface area contributed by atoms with Crippen molar-refractivity contribution in [3.8, 4) is 10.6 Å². The number of pyridine rings is 1. The second-order valence-electron chi connectivity index (χ2n) is 4.10.